The predicted molar refractivity (Wildman–Crippen MR) is 58.0 cm³/mol. The highest BCUT2D eigenvalue weighted by molar-refractivity contribution is 5.45. The van der Waals surface area contributed by atoms with E-state index in [4.69, 9.17) is 11.5 Å². The van der Waals surface area contributed by atoms with Gasteiger partial charge in [-0.1, -0.05) is 0 Å². The molecule has 0 amide bonds. The van der Waals surface area contributed by atoms with Crippen LogP contribution in [0.4, 0.5) is 10.1 Å². The first-order valence-corrected chi connectivity index (χ1v) is 5.23. The minimum Gasteiger partial charge on any atom is -0.398 e. The van der Waals surface area contributed by atoms with Crippen molar-refractivity contribution in [3.05, 3.63) is 24.0 Å². The van der Waals surface area contributed by atoms with Gasteiger partial charge in [-0.2, -0.15) is 0 Å². The fourth-order valence-corrected chi connectivity index (χ4v) is 1.89. The van der Waals surface area contributed by atoms with Gasteiger partial charge in [0, 0.05) is 31.0 Å². The second kappa shape index (κ2) is 3.77. The van der Waals surface area contributed by atoms with Crippen LogP contribution in [-0.4, -0.2) is 17.2 Å². The van der Waals surface area contributed by atoms with Gasteiger partial charge in [0.25, 0.3) is 0 Å². The van der Waals surface area contributed by atoms with E-state index in [0.29, 0.717) is 5.69 Å². The monoisotopic (exact) mass is 209 g/mol. The standard InChI is InChI=1S/C11H16FN3/c12-11(7-13,9-1-2-9)5-8-6-15-4-3-10(8)14/h3-4,6,9H,1-2,5,7,13H2,(H2,14,15). The van der Waals surface area contributed by atoms with Crippen LogP contribution in [0.15, 0.2) is 18.5 Å². The van der Waals surface area contributed by atoms with Gasteiger partial charge in [-0.3, -0.25) is 4.98 Å². The maximum absolute atomic E-state index is 14.4. The molecule has 1 aromatic rings. The zero-order valence-corrected chi connectivity index (χ0v) is 8.62. The van der Waals surface area contributed by atoms with E-state index in [1.54, 1.807) is 18.5 Å². The molecule has 0 radical (unpaired) electrons. The van der Waals surface area contributed by atoms with E-state index in [1.165, 1.54) is 0 Å². The lowest BCUT2D eigenvalue weighted by Crippen LogP contribution is -2.37. The second-order valence-electron chi connectivity index (χ2n) is 4.26. The Balaban J connectivity index is 2.16. The fraction of sp³-hybridized carbons (Fsp3) is 0.545. The molecule has 4 N–H and O–H groups in total. The zero-order chi connectivity index (χ0) is 10.9. The molecule has 0 bridgehead atoms. The summed E-state index contributed by atoms with van der Waals surface area (Å²) in [5, 5.41) is 0. The molecule has 0 aliphatic heterocycles. The summed E-state index contributed by atoms with van der Waals surface area (Å²) < 4.78 is 14.4. The molecule has 1 atom stereocenters. The quantitative estimate of drug-likeness (QED) is 0.785. The maximum Gasteiger partial charge on any atom is 0.130 e. The van der Waals surface area contributed by atoms with E-state index in [2.05, 4.69) is 4.98 Å². The summed E-state index contributed by atoms with van der Waals surface area (Å²) in [7, 11) is 0. The minimum absolute atomic E-state index is 0.0615. The Labute approximate surface area is 88.7 Å². The van der Waals surface area contributed by atoms with Crippen molar-refractivity contribution in [2.75, 3.05) is 12.3 Å². The number of hydrogen-bond acceptors (Lipinski definition) is 3. The molecule has 0 saturated heterocycles. The highest BCUT2D eigenvalue weighted by Crippen LogP contribution is 2.43. The average Bonchev–Trinajstić information content (AvgIpc) is 3.05. The van der Waals surface area contributed by atoms with Crippen molar-refractivity contribution < 1.29 is 4.39 Å². The first kappa shape index (κ1) is 10.4. The van der Waals surface area contributed by atoms with Gasteiger partial charge in [-0.25, -0.2) is 4.39 Å². The first-order chi connectivity index (χ1) is 7.15. The largest absolute Gasteiger partial charge is 0.398 e. The molecule has 1 fully saturated rings. The second-order valence-corrected chi connectivity index (χ2v) is 4.26. The Morgan fingerprint density at radius 2 is 2.27 bits per heavy atom. The molecule has 1 unspecified atom stereocenters. The summed E-state index contributed by atoms with van der Waals surface area (Å²) in [6, 6.07) is 1.69. The average molecular weight is 209 g/mol. The van der Waals surface area contributed by atoms with Gasteiger partial charge in [0.2, 0.25) is 0 Å². The Kier molecular flexibility index (Phi) is 2.61. The molecule has 1 aromatic heterocycles. The molecule has 1 aliphatic carbocycles. The highest BCUT2D eigenvalue weighted by atomic mass is 19.1. The highest BCUT2D eigenvalue weighted by Gasteiger charge is 2.45. The molecule has 1 aliphatic rings. The van der Waals surface area contributed by atoms with Crippen LogP contribution in [0.5, 0.6) is 0 Å². The molecule has 4 heteroatoms. The van der Waals surface area contributed by atoms with Crippen LogP contribution in [0.3, 0.4) is 0 Å². The zero-order valence-electron chi connectivity index (χ0n) is 8.62. The van der Waals surface area contributed by atoms with Crippen LogP contribution in [0.25, 0.3) is 0 Å². The van der Waals surface area contributed by atoms with Crippen LogP contribution in [0, 0.1) is 5.92 Å². The number of nitrogens with two attached hydrogens (primary N) is 2. The molecule has 0 aromatic carbocycles. The maximum atomic E-state index is 14.4. The fourth-order valence-electron chi connectivity index (χ4n) is 1.89. The third-order valence-electron chi connectivity index (χ3n) is 3.07. The van der Waals surface area contributed by atoms with Crippen LogP contribution in [0.2, 0.25) is 0 Å². The van der Waals surface area contributed by atoms with E-state index in [-0.39, 0.29) is 18.9 Å². The van der Waals surface area contributed by atoms with Crippen molar-refractivity contribution in [1.29, 1.82) is 0 Å². The summed E-state index contributed by atoms with van der Waals surface area (Å²) >= 11 is 0. The molecule has 1 saturated carbocycles. The number of alkyl halides is 1. The Morgan fingerprint density at radius 1 is 1.53 bits per heavy atom. The summed E-state index contributed by atoms with van der Waals surface area (Å²) in [4.78, 5) is 3.96. The number of anilines is 1. The van der Waals surface area contributed by atoms with Crippen LogP contribution in [0.1, 0.15) is 18.4 Å². The summed E-state index contributed by atoms with van der Waals surface area (Å²) in [5.74, 6) is 0.113. The first-order valence-electron chi connectivity index (χ1n) is 5.23. The molecule has 82 valence electrons. The van der Waals surface area contributed by atoms with Gasteiger partial charge >= 0.3 is 0 Å². The van der Waals surface area contributed by atoms with Gasteiger partial charge in [-0.05, 0) is 30.4 Å². The Morgan fingerprint density at radius 3 is 2.80 bits per heavy atom. The SMILES string of the molecule is NCC(F)(Cc1cnccc1N)C1CC1. The van der Waals surface area contributed by atoms with E-state index in [9.17, 15) is 4.39 Å². The van der Waals surface area contributed by atoms with E-state index >= 15 is 0 Å². The van der Waals surface area contributed by atoms with Gasteiger partial charge in [0.15, 0.2) is 0 Å². The third kappa shape index (κ3) is 2.09. The lowest BCUT2D eigenvalue weighted by molar-refractivity contribution is 0.143. The number of rotatable bonds is 4. The lowest BCUT2D eigenvalue weighted by Gasteiger charge is -2.23. The molecular weight excluding hydrogens is 193 g/mol. The Bertz CT molecular complexity index is 351. The van der Waals surface area contributed by atoms with Crippen molar-refractivity contribution in [2.24, 2.45) is 11.7 Å². The van der Waals surface area contributed by atoms with Gasteiger partial charge in [0.05, 0.1) is 0 Å². The summed E-state index contributed by atoms with van der Waals surface area (Å²) in [6.45, 7) is 0.0615. The normalized spacial score (nSPS) is 19.9. The lowest BCUT2D eigenvalue weighted by atomic mass is 9.91. The number of nitrogen functional groups attached to an aromatic ring is 1. The van der Waals surface area contributed by atoms with Gasteiger partial charge in [-0.15, -0.1) is 0 Å². The van der Waals surface area contributed by atoms with Crippen molar-refractivity contribution >= 4 is 5.69 Å². The molecule has 2 rings (SSSR count). The van der Waals surface area contributed by atoms with Gasteiger partial charge < -0.3 is 11.5 Å². The van der Waals surface area contributed by atoms with Crippen LogP contribution >= 0.6 is 0 Å². The van der Waals surface area contributed by atoms with Crippen molar-refractivity contribution in [2.45, 2.75) is 24.9 Å². The van der Waals surface area contributed by atoms with Gasteiger partial charge in [0.1, 0.15) is 5.67 Å². The predicted octanol–water partition coefficient (Wildman–Crippen LogP) is 1.28. The molecule has 15 heavy (non-hydrogen) atoms. The smallest absolute Gasteiger partial charge is 0.130 e. The summed E-state index contributed by atoms with van der Waals surface area (Å²) in [6.07, 6.45) is 5.40. The Hall–Kier alpha value is -1.16. The number of halogens is 1. The molecular formula is C11H16FN3. The minimum atomic E-state index is -1.29. The van der Waals surface area contributed by atoms with Crippen molar-refractivity contribution in [1.82, 2.24) is 4.98 Å². The number of hydrogen-bond donors (Lipinski definition) is 2. The van der Waals surface area contributed by atoms with Crippen LogP contribution in [-0.2, 0) is 6.42 Å². The molecule has 0 spiro atoms. The number of pyridine rings is 1. The number of nitrogens with zero attached hydrogens (tertiary/aromatic N) is 1. The van der Waals surface area contributed by atoms with E-state index in [0.717, 1.165) is 18.4 Å². The molecule has 1 heterocycles. The third-order valence-corrected chi connectivity index (χ3v) is 3.07. The topological polar surface area (TPSA) is 64.9 Å². The van der Waals surface area contributed by atoms with E-state index < -0.39 is 5.67 Å². The van der Waals surface area contributed by atoms with E-state index in [1.807, 2.05) is 0 Å². The number of aromatic nitrogens is 1. The van der Waals surface area contributed by atoms with Crippen molar-refractivity contribution in [3.63, 3.8) is 0 Å². The molecule has 3 nitrogen and oxygen atoms in total. The summed E-state index contributed by atoms with van der Waals surface area (Å²) in [5.41, 5.74) is 11.3. The van der Waals surface area contributed by atoms with Crippen molar-refractivity contribution in [3.8, 4) is 0 Å². The van der Waals surface area contributed by atoms with Crippen LogP contribution < -0.4 is 11.5 Å².